The minimum absolute atomic E-state index is 0.0384. The molecular formula is C14H16Cl2N2O3S. The second-order valence-corrected chi connectivity index (χ2v) is 7.49. The molecule has 1 heterocycles. The summed E-state index contributed by atoms with van der Waals surface area (Å²) in [4.78, 5) is -0.0600. The predicted octanol–water partition coefficient (Wildman–Crippen LogP) is 2.65. The number of hydrogen-bond acceptors (Lipinski definition) is 3. The number of sulfonamides is 1. The van der Waals surface area contributed by atoms with Crippen molar-refractivity contribution in [2.75, 3.05) is 6.54 Å². The number of hydrogen-bond donors (Lipinski definition) is 2. The van der Waals surface area contributed by atoms with Crippen molar-refractivity contribution in [3.8, 4) is 0 Å². The van der Waals surface area contributed by atoms with Gasteiger partial charge in [0.05, 0.1) is 5.02 Å². The second-order valence-electron chi connectivity index (χ2n) is 4.94. The maximum absolute atomic E-state index is 12.3. The highest BCUT2D eigenvalue weighted by Crippen LogP contribution is 2.28. The first kappa shape index (κ1) is 17.3. The molecule has 2 N–H and O–H groups in total. The van der Waals surface area contributed by atoms with Crippen LogP contribution in [0.2, 0.25) is 10.0 Å². The van der Waals surface area contributed by atoms with Gasteiger partial charge in [0, 0.05) is 30.5 Å². The number of aliphatic hydroxyl groups is 1. The Labute approximate surface area is 139 Å². The third-order valence-corrected chi connectivity index (χ3v) is 5.59. The van der Waals surface area contributed by atoms with Crippen LogP contribution in [0.25, 0.3) is 0 Å². The molecule has 0 fully saturated rings. The van der Waals surface area contributed by atoms with Crippen molar-refractivity contribution in [1.82, 2.24) is 9.29 Å². The maximum atomic E-state index is 12.3. The van der Waals surface area contributed by atoms with Gasteiger partial charge >= 0.3 is 0 Å². The lowest BCUT2D eigenvalue weighted by molar-refractivity contribution is 0.173. The summed E-state index contributed by atoms with van der Waals surface area (Å²) in [6.45, 7) is 1.54. The molecule has 2 aromatic rings. The average molecular weight is 363 g/mol. The molecule has 0 aliphatic rings. The fraction of sp³-hybridized carbons (Fsp3) is 0.286. The number of halogens is 2. The van der Waals surface area contributed by atoms with E-state index in [0.717, 1.165) is 0 Å². The van der Waals surface area contributed by atoms with Crippen molar-refractivity contribution in [3.63, 3.8) is 0 Å². The third-order valence-electron chi connectivity index (χ3n) is 3.29. The normalized spacial score (nSPS) is 13.3. The number of nitrogens with zero attached hydrogens (tertiary/aromatic N) is 1. The summed E-state index contributed by atoms with van der Waals surface area (Å²) < 4.78 is 28.7. The number of benzene rings is 1. The topological polar surface area (TPSA) is 71.3 Å². The summed E-state index contributed by atoms with van der Waals surface area (Å²) in [6.07, 6.45) is 0.814. The molecule has 0 amide bonds. The lowest BCUT2D eigenvalue weighted by Gasteiger charge is -2.14. The molecule has 0 aliphatic heterocycles. The van der Waals surface area contributed by atoms with E-state index in [1.165, 1.54) is 12.1 Å². The third kappa shape index (κ3) is 3.64. The van der Waals surface area contributed by atoms with Crippen LogP contribution >= 0.6 is 23.2 Å². The summed E-state index contributed by atoms with van der Waals surface area (Å²) in [5.41, 5.74) is 1.22. The molecule has 0 saturated carbocycles. The molecule has 0 aliphatic carbocycles. The van der Waals surface area contributed by atoms with Crippen LogP contribution in [-0.2, 0) is 17.1 Å². The van der Waals surface area contributed by atoms with E-state index >= 15 is 0 Å². The summed E-state index contributed by atoms with van der Waals surface area (Å²) in [5, 5.41) is 10.5. The van der Waals surface area contributed by atoms with Gasteiger partial charge in [-0.2, -0.15) is 0 Å². The fourth-order valence-corrected chi connectivity index (χ4v) is 3.90. The van der Waals surface area contributed by atoms with Gasteiger partial charge in [0.15, 0.2) is 0 Å². The Morgan fingerprint density at radius 1 is 1.32 bits per heavy atom. The molecule has 22 heavy (non-hydrogen) atoms. The molecule has 2 rings (SSSR count). The highest BCUT2D eigenvalue weighted by molar-refractivity contribution is 7.89. The largest absolute Gasteiger partial charge is 0.386 e. The Morgan fingerprint density at radius 3 is 2.59 bits per heavy atom. The zero-order valence-electron chi connectivity index (χ0n) is 12.0. The average Bonchev–Trinajstić information content (AvgIpc) is 2.86. The van der Waals surface area contributed by atoms with Gasteiger partial charge in [0.25, 0.3) is 0 Å². The van der Waals surface area contributed by atoms with Gasteiger partial charge in [-0.15, -0.1) is 0 Å². The van der Waals surface area contributed by atoms with E-state index < -0.39 is 16.1 Å². The Kier molecular flexibility index (Phi) is 5.19. The van der Waals surface area contributed by atoms with Gasteiger partial charge in [-0.3, -0.25) is 0 Å². The van der Waals surface area contributed by atoms with E-state index in [2.05, 4.69) is 4.72 Å². The molecule has 120 valence electrons. The number of aryl methyl sites for hydroxylation is 2. The van der Waals surface area contributed by atoms with Gasteiger partial charge in [0.2, 0.25) is 10.0 Å². The van der Waals surface area contributed by atoms with E-state index in [1.807, 2.05) is 0 Å². The molecule has 5 nitrogen and oxygen atoms in total. The lowest BCUT2D eigenvalue weighted by Crippen LogP contribution is -2.29. The highest BCUT2D eigenvalue weighted by Gasteiger charge is 2.21. The van der Waals surface area contributed by atoms with Crippen LogP contribution in [0.15, 0.2) is 35.4 Å². The van der Waals surface area contributed by atoms with Crippen LogP contribution in [0.5, 0.6) is 0 Å². The molecule has 1 unspecified atom stereocenters. The van der Waals surface area contributed by atoms with Crippen LogP contribution in [-0.4, -0.2) is 24.6 Å². The van der Waals surface area contributed by atoms with E-state index in [1.54, 1.807) is 36.9 Å². The molecular weight excluding hydrogens is 347 g/mol. The van der Waals surface area contributed by atoms with E-state index in [0.29, 0.717) is 16.3 Å². The van der Waals surface area contributed by atoms with E-state index in [9.17, 15) is 13.5 Å². The summed E-state index contributed by atoms with van der Waals surface area (Å²) in [7, 11) is -2.07. The standard InChI is InChI=1S/C14H16Cl2N2O3S/c1-9-6-14(11(16)7-10(9)15)22(20,21)17-8-13(19)12-4-3-5-18(12)2/h3-7,13,17,19H,8H2,1-2H3. The first-order chi connectivity index (χ1) is 10.2. The van der Waals surface area contributed by atoms with Gasteiger partial charge in [-0.05, 0) is 36.8 Å². The van der Waals surface area contributed by atoms with Crippen LogP contribution < -0.4 is 4.72 Å². The summed E-state index contributed by atoms with van der Waals surface area (Å²) >= 11 is 11.9. The lowest BCUT2D eigenvalue weighted by atomic mass is 10.2. The second kappa shape index (κ2) is 6.60. The van der Waals surface area contributed by atoms with E-state index in [-0.39, 0.29) is 16.5 Å². The fourth-order valence-electron chi connectivity index (χ4n) is 2.03. The zero-order chi connectivity index (χ0) is 16.5. The maximum Gasteiger partial charge on any atom is 0.242 e. The zero-order valence-corrected chi connectivity index (χ0v) is 14.4. The van der Waals surface area contributed by atoms with Gasteiger partial charge in [0.1, 0.15) is 11.0 Å². The Balaban J connectivity index is 2.19. The van der Waals surface area contributed by atoms with E-state index in [4.69, 9.17) is 23.2 Å². The molecule has 0 spiro atoms. The van der Waals surface area contributed by atoms with Crippen molar-refractivity contribution in [1.29, 1.82) is 0 Å². The van der Waals surface area contributed by atoms with Crippen molar-refractivity contribution < 1.29 is 13.5 Å². The van der Waals surface area contributed by atoms with Crippen LogP contribution in [0.1, 0.15) is 17.4 Å². The van der Waals surface area contributed by atoms with Crippen LogP contribution in [0, 0.1) is 6.92 Å². The monoisotopic (exact) mass is 362 g/mol. The van der Waals surface area contributed by atoms with Gasteiger partial charge < -0.3 is 9.67 Å². The Morgan fingerprint density at radius 2 is 2.00 bits per heavy atom. The van der Waals surface area contributed by atoms with Gasteiger partial charge in [-0.1, -0.05) is 23.2 Å². The molecule has 1 aromatic heterocycles. The smallest absolute Gasteiger partial charge is 0.242 e. The SMILES string of the molecule is Cc1cc(S(=O)(=O)NCC(O)c2cccn2C)c(Cl)cc1Cl. The van der Waals surface area contributed by atoms with Crippen molar-refractivity contribution in [2.45, 2.75) is 17.9 Å². The van der Waals surface area contributed by atoms with Gasteiger partial charge in [-0.25, -0.2) is 13.1 Å². The summed E-state index contributed by atoms with van der Waals surface area (Å²) in [5.74, 6) is 0. The first-order valence-corrected chi connectivity index (χ1v) is 8.71. The molecule has 0 bridgehead atoms. The first-order valence-electron chi connectivity index (χ1n) is 6.47. The molecule has 0 saturated heterocycles. The summed E-state index contributed by atoms with van der Waals surface area (Å²) in [6, 6.07) is 6.29. The Bertz CT molecular complexity index is 787. The molecule has 0 radical (unpaired) electrons. The highest BCUT2D eigenvalue weighted by atomic mass is 35.5. The number of aliphatic hydroxyl groups excluding tert-OH is 1. The van der Waals surface area contributed by atoms with Crippen molar-refractivity contribution in [2.24, 2.45) is 7.05 Å². The quantitative estimate of drug-likeness (QED) is 0.858. The van der Waals surface area contributed by atoms with Crippen LogP contribution in [0.3, 0.4) is 0 Å². The van der Waals surface area contributed by atoms with Crippen LogP contribution in [0.4, 0.5) is 0 Å². The van der Waals surface area contributed by atoms with Crippen molar-refractivity contribution >= 4 is 33.2 Å². The number of rotatable bonds is 5. The molecule has 1 atom stereocenters. The Hall–Kier alpha value is -1.05. The minimum atomic E-state index is -3.84. The molecule has 1 aromatic carbocycles. The predicted molar refractivity (Wildman–Crippen MR) is 86.8 cm³/mol. The minimum Gasteiger partial charge on any atom is -0.386 e. The van der Waals surface area contributed by atoms with Crippen molar-refractivity contribution in [3.05, 3.63) is 51.8 Å². The number of aromatic nitrogens is 1. The number of nitrogens with one attached hydrogen (secondary N) is 1. The molecule has 8 heteroatoms.